The monoisotopic (exact) mass is 262 g/mol. The normalized spacial score (nSPS) is 20.2. The predicted octanol–water partition coefficient (Wildman–Crippen LogP) is 3.42. The molecule has 1 aromatic carbocycles. The Labute approximate surface area is 102 Å². The topological polar surface area (TPSA) is 20.2 Å². The van der Waals surface area contributed by atoms with Crippen LogP contribution in [0.1, 0.15) is 24.0 Å². The van der Waals surface area contributed by atoms with Crippen LogP contribution < -0.4 is 0 Å². The maximum Gasteiger partial charge on any atom is 0.416 e. The van der Waals surface area contributed by atoms with E-state index in [-0.39, 0.29) is 5.56 Å². The molecule has 0 atom stereocenters. The molecule has 0 spiro atoms. The van der Waals surface area contributed by atoms with Gasteiger partial charge in [-0.25, -0.2) is 0 Å². The third kappa shape index (κ3) is 2.60. The first-order valence-electron chi connectivity index (χ1n) is 5.40. The van der Waals surface area contributed by atoms with Crippen LogP contribution in [0.15, 0.2) is 24.3 Å². The number of thioether (sulfide) groups is 1. The first-order valence-corrected chi connectivity index (χ1v) is 6.56. The van der Waals surface area contributed by atoms with Gasteiger partial charge in [-0.1, -0.05) is 18.2 Å². The lowest BCUT2D eigenvalue weighted by Gasteiger charge is -2.34. The molecule has 0 bridgehead atoms. The number of benzene rings is 1. The molecule has 0 unspecified atom stereocenters. The molecule has 1 aromatic rings. The Bertz CT molecular complexity index is 397. The highest BCUT2D eigenvalue weighted by Gasteiger charge is 2.41. The molecule has 2 rings (SSSR count). The van der Waals surface area contributed by atoms with Crippen LogP contribution >= 0.6 is 11.8 Å². The molecule has 0 amide bonds. The van der Waals surface area contributed by atoms with Crippen molar-refractivity contribution < 1.29 is 18.3 Å². The average Bonchev–Trinajstić information content (AvgIpc) is 2.29. The molecule has 1 N–H and O–H groups in total. The maximum absolute atomic E-state index is 12.9. The third-order valence-corrected chi connectivity index (χ3v) is 4.04. The van der Waals surface area contributed by atoms with Crippen LogP contribution in [-0.4, -0.2) is 16.6 Å². The summed E-state index contributed by atoms with van der Waals surface area (Å²) in [5.41, 5.74) is -2.01. The summed E-state index contributed by atoms with van der Waals surface area (Å²) in [5.74, 6) is 1.39. The van der Waals surface area contributed by atoms with Gasteiger partial charge in [0.1, 0.15) is 0 Å². The van der Waals surface area contributed by atoms with E-state index in [1.165, 1.54) is 12.1 Å². The van der Waals surface area contributed by atoms with Crippen LogP contribution in [0.4, 0.5) is 13.2 Å². The van der Waals surface area contributed by atoms with Crippen molar-refractivity contribution in [3.05, 3.63) is 35.4 Å². The van der Waals surface area contributed by atoms with Gasteiger partial charge in [-0.3, -0.25) is 0 Å². The minimum absolute atomic E-state index is 0.0211. The van der Waals surface area contributed by atoms with Crippen molar-refractivity contribution in [2.24, 2.45) is 0 Å². The Morgan fingerprint density at radius 1 is 1.12 bits per heavy atom. The predicted molar refractivity (Wildman–Crippen MR) is 61.9 cm³/mol. The zero-order chi connectivity index (χ0) is 12.5. The smallest absolute Gasteiger partial charge is 0.385 e. The summed E-state index contributed by atoms with van der Waals surface area (Å²) in [5, 5.41) is 10.4. The minimum Gasteiger partial charge on any atom is -0.385 e. The molecule has 0 aliphatic carbocycles. The highest BCUT2D eigenvalue weighted by atomic mass is 32.2. The molecule has 0 aromatic heterocycles. The zero-order valence-corrected chi connectivity index (χ0v) is 9.94. The van der Waals surface area contributed by atoms with Crippen molar-refractivity contribution in [3.8, 4) is 0 Å². The maximum atomic E-state index is 12.9. The molecule has 1 aliphatic heterocycles. The molecular formula is C12H13F3OS. The van der Waals surface area contributed by atoms with Gasteiger partial charge < -0.3 is 5.11 Å². The molecule has 0 saturated carbocycles. The van der Waals surface area contributed by atoms with E-state index >= 15 is 0 Å². The van der Waals surface area contributed by atoms with Crippen molar-refractivity contribution >= 4 is 11.8 Å². The number of hydrogen-bond acceptors (Lipinski definition) is 2. The van der Waals surface area contributed by atoms with E-state index in [2.05, 4.69) is 0 Å². The lowest BCUT2D eigenvalue weighted by atomic mass is 9.85. The molecule has 0 radical (unpaired) electrons. The highest BCUT2D eigenvalue weighted by Crippen LogP contribution is 2.42. The molecular weight excluding hydrogens is 249 g/mol. The summed E-state index contributed by atoms with van der Waals surface area (Å²) in [6.45, 7) is 0. The van der Waals surface area contributed by atoms with Gasteiger partial charge in [-0.15, -0.1) is 0 Å². The Morgan fingerprint density at radius 3 is 2.29 bits per heavy atom. The molecule has 1 fully saturated rings. The van der Waals surface area contributed by atoms with Crippen LogP contribution in [0.2, 0.25) is 0 Å². The number of hydrogen-bond donors (Lipinski definition) is 1. The third-order valence-electron chi connectivity index (χ3n) is 3.05. The van der Waals surface area contributed by atoms with Gasteiger partial charge in [0.25, 0.3) is 0 Å². The zero-order valence-electron chi connectivity index (χ0n) is 9.13. The van der Waals surface area contributed by atoms with E-state index in [0.29, 0.717) is 24.3 Å². The number of aliphatic hydroxyl groups is 1. The molecule has 1 aliphatic rings. The molecule has 1 nitrogen and oxygen atoms in total. The molecule has 1 heterocycles. The first-order chi connectivity index (χ1) is 7.93. The van der Waals surface area contributed by atoms with Crippen LogP contribution in [0.25, 0.3) is 0 Å². The summed E-state index contributed by atoms with van der Waals surface area (Å²) in [6.07, 6.45) is -3.65. The fourth-order valence-corrected chi connectivity index (χ4v) is 3.28. The summed E-state index contributed by atoms with van der Waals surface area (Å²) in [4.78, 5) is 0. The molecule has 94 valence electrons. The summed E-state index contributed by atoms with van der Waals surface area (Å²) < 4.78 is 38.6. The van der Waals surface area contributed by atoms with Crippen molar-refractivity contribution in [1.29, 1.82) is 0 Å². The van der Waals surface area contributed by atoms with E-state index in [4.69, 9.17) is 0 Å². The first kappa shape index (κ1) is 12.8. The van der Waals surface area contributed by atoms with Crippen molar-refractivity contribution in [2.45, 2.75) is 24.6 Å². The largest absolute Gasteiger partial charge is 0.416 e. The standard InChI is InChI=1S/C12H13F3OS/c13-12(14,15)10-4-2-1-3-9(10)11(16)5-7-17-8-6-11/h1-4,16H,5-8H2. The Kier molecular flexibility index (Phi) is 3.41. The van der Waals surface area contributed by atoms with Gasteiger partial charge in [0, 0.05) is 0 Å². The van der Waals surface area contributed by atoms with E-state index < -0.39 is 17.3 Å². The van der Waals surface area contributed by atoms with E-state index in [9.17, 15) is 18.3 Å². The molecule has 17 heavy (non-hydrogen) atoms. The van der Waals surface area contributed by atoms with E-state index in [0.717, 1.165) is 6.07 Å². The van der Waals surface area contributed by atoms with Gasteiger partial charge in [0.05, 0.1) is 11.2 Å². The fraction of sp³-hybridized carbons (Fsp3) is 0.500. The van der Waals surface area contributed by atoms with Gasteiger partial charge in [0.15, 0.2) is 0 Å². The van der Waals surface area contributed by atoms with Crippen molar-refractivity contribution in [3.63, 3.8) is 0 Å². The van der Waals surface area contributed by atoms with Gasteiger partial charge in [-0.2, -0.15) is 24.9 Å². The quantitative estimate of drug-likeness (QED) is 0.836. The summed E-state index contributed by atoms with van der Waals surface area (Å²) in [6, 6.07) is 5.32. The van der Waals surface area contributed by atoms with E-state index in [1.54, 1.807) is 17.8 Å². The summed E-state index contributed by atoms with van der Waals surface area (Å²) >= 11 is 1.66. The number of halogens is 3. The lowest BCUT2D eigenvalue weighted by molar-refractivity contribution is -0.141. The van der Waals surface area contributed by atoms with Crippen molar-refractivity contribution in [1.82, 2.24) is 0 Å². The molecule has 5 heteroatoms. The molecule has 1 saturated heterocycles. The Balaban J connectivity index is 2.44. The fourth-order valence-electron chi connectivity index (χ4n) is 2.11. The Hall–Kier alpha value is -0.680. The van der Waals surface area contributed by atoms with Crippen LogP contribution in [0.5, 0.6) is 0 Å². The number of rotatable bonds is 1. The van der Waals surface area contributed by atoms with Crippen LogP contribution in [0.3, 0.4) is 0 Å². The summed E-state index contributed by atoms with van der Waals surface area (Å²) in [7, 11) is 0. The van der Waals surface area contributed by atoms with Gasteiger partial charge in [-0.05, 0) is 36.0 Å². The number of alkyl halides is 3. The van der Waals surface area contributed by atoms with Gasteiger partial charge in [0.2, 0.25) is 0 Å². The van der Waals surface area contributed by atoms with Crippen molar-refractivity contribution in [2.75, 3.05) is 11.5 Å². The van der Waals surface area contributed by atoms with E-state index in [1.807, 2.05) is 0 Å². The highest BCUT2D eigenvalue weighted by molar-refractivity contribution is 7.99. The van der Waals surface area contributed by atoms with Crippen LogP contribution in [0, 0.1) is 0 Å². The van der Waals surface area contributed by atoms with Crippen LogP contribution in [-0.2, 0) is 11.8 Å². The average molecular weight is 262 g/mol. The second-order valence-electron chi connectivity index (χ2n) is 4.19. The second-order valence-corrected chi connectivity index (χ2v) is 5.41. The SMILES string of the molecule is OC1(c2ccccc2C(F)(F)F)CCSCC1. The second kappa shape index (κ2) is 4.53. The van der Waals surface area contributed by atoms with Gasteiger partial charge >= 0.3 is 6.18 Å². The lowest BCUT2D eigenvalue weighted by Crippen LogP contribution is -2.33. The Morgan fingerprint density at radius 2 is 1.71 bits per heavy atom. The minimum atomic E-state index is -4.41.